The van der Waals surface area contributed by atoms with Crippen LogP contribution in [0.25, 0.3) is 0 Å². The van der Waals surface area contributed by atoms with E-state index in [1.165, 1.54) is 25.7 Å². The summed E-state index contributed by atoms with van der Waals surface area (Å²) in [4.78, 5) is 12.3. The lowest BCUT2D eigenvalue weighted by atomic mass is 9.91. The van der Waals surface area contributed by atoms with Crippen molar-refractivity contribution in [3.63, 3.8) is 0 Å². The molecule has 2 unspecified atom stereocenters. The number of ether oxygens (including phenoxy) is 1. The van der Waals surface area contributed by atoms with E-state index in [1.807, 2.05) is 18.7 Å². The van der Waals surface area contributed by atoms with Gasteiger partial charge in [-0.05, 0) is 31.9 Å². The number of hydrogen-bond acceptors (Lipinski definition) is 4. The Balaban J connectivity index is 2.08. The molecule has 1 saturated heterocycles. The summed E-state index contributed by atoms with van der Waals surface area (Å²) in [5.74, 6) is 1.02. The van der Waals surface area contributed by atoms with E-state index in [4.69, 9.17) is 4.74 Å². The monoisotopic (exact) mass is 257 g/mol. The van der Waals surface area contributed by atoms with Crippen LogP contribution >= 0.6 is 11.8 Å². The number of thioether (sulfide) groups is 1. The second-order valence-corrected chi connectivity index (χ2v) is 6.53. The summed E-state index contributed by atoms with van der Waals surface area (Å²) < 4.78 is 5.30. The van der Waals surface area contributed by atoms with Gasteiger partial charge in [-0.1, -0.05) is 19.8 Å². The molecule has 0 amide bonds. The summed E-state index contributed by atoms with van der Waals surface area (Å²) in [6.07, 6.45) is 5.90. The van der Waals surface area contributed by atoms with Gasteiger partial charge in [0, 0.05) is 11.3 Å². The Morgan fingerprint density at radius 1 is 1.47 bits per heavy atom. The molecule has 2 atom stereocenters. The van der Waals surface area contributed by atoms with Crippen LogP contribution in [0.2, 0.25) is 0 Å². The van der Waals surface area contributed by atoms with Gasteiger partial charge in [-0.15, -0.1) is 0 Å². The van der Waals surface area contributed by atoms with E-state index < -0.39 is 5.54 Å². The normalized spacial score (nSPS) is 34.1. The Morgan fingerprint density at radius 2 is 2.18 bits per heavy atom. The molecule has 2 fully saturated rings. The quantitative estimate of drug-likeness (QED) is 0.785. The standard InChI is InChI=1S/C13H23NO2S/c1-3-16-12(15)13(8-9-17-10(13)2)14-11-6-4-5-7-11/h10-11,14H,3-9H2,1-2H3. The third-order valence-electron chi connectivity index (χ3n) is 4.01. The number of rotatable bonds is 4. The van der Waals surface area contributed by atoms with Crippen molar-refractivity contribution in [3.8, 4) is 0 Å². The highest BCUT2D eigenvalue weighted by atomic mass is 32.2. The zero-order valence-corrected chi connectivity index (χ0v) is 11.6. The van der Waals surface area contributed by atoms with Crippen LogP contribution in [-0.2, 0) is 9.53 Å². The lowest BCUT2D eigenvalue weighted by Gasteiger charge is -2.34. The van der Waals surface area contributed by atoms with Gasteiger partial charge < -0.3 is 4.74 Å². The first-order valence-corrected chi connectivity index (χ1v) is 7.80. The Morgan fingerprint density at radius 3 is 2.71 bits per heavy atom. The highest BCUT2D eigenvalue weighted by Gasteiger charge is 2.49. The minimum atomic E-state index is -0.421. The van der Waals surface area contributed by atoms with Crippen LogP contribution in [0.5, 0.6) is 0 Å². The summed E-state index contributed by atoms with van der Waals surface area (Å²) in [5, 5.41) is 3.95. The SMILES string of the molecule is CCOC(=O)C1(NC2CCCC2)CCSC1C. The minimum absolute atomic E-state index is 0.0376. The van der Waals surface area contributed by atoms with E-state index in [0.717, 1.165) is 12.2 Å². The number of carbonyl (C=O) groups excluding carboxylic acids is 1. The zero-order chi connectivity index (χ0) is 12.3. The lowest BCUT2D eigenvalue weighted by Crippen LogP contribution is -2.59. The van der Waals surface area contributed by atoms with Crippen LogP contribution < -0.4 is 5.32 Å². The smallest absolute Gasteiger partial charge is 0.327 e. The fourth-order valence-electron chi connectivity index (χ4n) is 2.95. The molecule has 2 aliphatic rings. The molecule has 1 saturated carbocycles. The number of nitrogens with one attached hydrogen (secondary N) is 1. The third kappa shape index (κ3) is 2.63. The summed E-state index contributed by atoms with van der Waals surface area (Å²) >= 11 is 1.88. The fourth-order valence-corrected chi connectivity index (χ4v) is 4.31. The van der Waals surface area contributed by atoms with Crippen molar-refractivity contribution in [1.82, 2.24) is 5.32 Å². The van der Waals surface area contributed by atoms with Crippen molar-refractivity contribution in [3.05, 3.63) is 0 Å². The number of carbonyl (C=O) groups is 1. The van der Waals surface area contributed by atoms with Gasteiger partial charge in [0.2, 0.25) is 0 Å². The molecule has 0 radical (unpaired) electrons. The van der Waals surface area contributed by atoms with Gasteiger partial charge in [0.25, 0.3) is 0 Å². The predicted molar refractivity (Wildman–Crippen MR) is 71.3 cm³/mol. The molecule has 0 spiro atoms. The molecule has 4 heteroatoms. The molecule has 0 aromatic rings. The Labute approximate surface area is 108 Å². The van der Waals surface area contributed by atoms with E-state index in [2.05, 4.69) is 12.2 Å². The van der Waals surface area contributed by atoms with Crippen molar-refractivity contribution in [1.29, 1.82) is 0 Å². The van der Waals surface area contributed by atoms with Crippen molar-refractivity contribution in [2.75, 3.05) is 12.4 Å². The van der Waals surface area contributed by atoms with Crippen molar-refractivity contribution < 1.29 is 9.53 Å². The average Bonchev–Trinajstić information content (AvgIpc) is 2.91. The molecule has 2 rings (SSSR count). The molecule has 3 nitrogen and oxygen atoms in total. The molecule has 0 aromatic carbocycles. The first kappa shape index (κ1) is 13.2. The Hall–Kier alpha value is -0.220. The van der Waals surface area contributed by atoms with Gasteiger partial charge in [-0.3, -0.25) is 10.1 Å². The van der Waals surface area contributed by atoms with Crippen LogP contribution in [0, 0.1) is 0 Å². The molecule has 1 aliphatic carbocycles. The van der Waals surface area contributed by atoms with E-state index in [9.17, 15) is 4.79 Å². The van der Waals surface area contributed by atoms with Crippen molar-refractivity contribution in [2.24, 2.45) is 0 Å². The molecular formula is C13H23NO2S. The maximum absolute atomic E-state index is 12.3. The third-order valence-corrected chi connectivity index (χ3v) is 5.36. The highest BCUT2D eigenvalue weighted by Crippen LogP contribution is 2.38. The lowest BCUT2D eigenvalue weighted by molar-refractivity contribution is -0.151. The maximum atomic E-state index is 12.3. The van der Waals surface area contributed by atoms with E-state index in [-0.39, 0.29) is 5.97 Å². The molecule has 1 aliphatic heterocycles. The van der Waals surface area contributed by atoms with Crippen LogP contribution in [-0.4, -0.2) is 35.2 Å². The zero-order valence-electron chi connectivity index (χ0n) is 10.8. The largest absolute Gasteiger partial charge is 0.465 e. The van der Waals surface area contributed by atoms with Gasteiger partial charge in [-0.2, -0.15) is 11.8 Å². The first-order valence-electron chi connectivity index (χ1n) is 6.75. The molecule has 98 valence electrons. The van der Waals surface area contributed by atoms with E-state index in [1.54, 1.807) is 0 Å². The predicted octanol–water partition coefficient (Wildman–Crippen LogP) is 2.35. The number of esters is 1. The van der Waals surface area contributed by atoms with Crippen molar-refractivity contribution >= 4 is 17.7 Å². The topological polar surface area (TPSA) is 38.3 Å². The number of hydrogen-bond donors (Lipinski definition) is 1. The summed E-state index contributed by atoms with van der Waals surface area (Å²) in [6, 6.07) is 0.514. The molecule has 17 heavy (non-hydrogen) atoms. The van der Waals surface area contributed by atoms with E-state index >= 15 is 0 Å². The van der Waals surface area contributed by atoms with Crippen LogP contribution in [0.3, 0.4) is 0 Å². The van der Waals surface area contributed by atoms with Gasteiger partial charge in [0.05, 0.1) is 6.61 Å². The first-order chi connectivity index (χ1) is 8.19. The van der Waals surface area contributed by atoms with Crippen LogP contribution in [0.1, 0.15) is 46.0 Å². The van der Waals surface area contributed by atoms with Gasteiger partial charge in [-0.25, -0.2) is 0 Å². The fraction of sp³-hybridized carbons (Fsp3) is 0.923. The average molecular weight is 257 g/mol. The molecule has 1 heterocycles. The van der Waals surface area contributed by atoms with Crippen LogP contribution in [0.4, 0.5) is 0 Å². The molecule has 0 bridgehead atoms. The minimum Gasteiger partial charge on any atom is -0.465 e. The van der Waals surface area contributed by atoms with Gasteiger partial charge in [0.1, 0.15) is 5.54 Å². The summed E-state index contributed by atoms with van der Waals surface area (Å²) in [6.45, 7) is 4.51. The van der Waals surface area contributed by atoms with E-state index in [0.29, 0.717) is 17.9 Å². The molecule has 1 N–H and O–H groups in total. The molecular weight excluding hydrogens is 234 g/mol. The second-order valence-electron chi connectivity index (χ2n) is 5.08. The van der Waals surface area contributed by atoms with Gasteiger partial charge in [0.15, 0.2) is 0 Å². The van der Waals surface area contributed by atoms with Gasteiger partial charge >= 0.3 is 5.97 Å². The maximum Gasteiger partial charge on any atom is 0.327 e. The summed E-state index contributed by atoms with van der Waals surface area (Å²) in [7, 11) is 0. The highest BCUT2D eigenvalue weighted by molar-refractivity contribution is 8.00. The summed E-state index contributed by atoms with van der Waals surface area (Å²) in [5.41, 5.74) is -0.421. The van der Waals surface area contributed by atoms with Crippen LogP contribution in [0.15, 0.2) is 0 Å². The Kier molecular flexibility index (Phi) is 4.36. The Bertz CT molecular complexity index is 279. The second kappa shape index (κ2) is 5.61. The molecule has 0 aromatic heterocycles. The van der Waals surface area contributed by atoms with Crippen molar-refractivity contribution in [2.45, 2.75) is 62.8 Å².